The summed E-state index contributed by atoms with van der Waals surface area (Å²) in [5, 5.41) is 4.88. The van der Waals surface area contributed by atoms with Crippen LogP contribution in [0.4, 0.5) is 0 Å². The van der Waals surface area contributed by atoms with Gasteiger partial charge in [0.25, 0.3) is 0 Å². The van der Waals surface area contributed by atoms with E-state index < -0.39 is 0 Å². The zero-order valence-corrected chi connectivity index (χ0v) is 14.2. The normalized spacial score (nSPS) is 37.8. The fourth-order valence-electron chi connectivity index (χ4n) is 4.78. The Morgan fingerprint density at radius 1 is 1.20 bits per heavy atom. The summed E-state index contributed by atoms with van der Waals surface area (Å²) in [6, 6.07) is 1.67. The van der Waals surface area contributed by atoms with E-state index in [1.165, 1.54) is 70.2 Å². The Morgan fingerprint density at radius 2 is 2.00 bits per heavy atom. The quantitative estimate of drug-likeness (QED) is 0.852. The Morgan fingerprint density at radius 3 is 2.70 bits per heavy atom. The van der Waals surface area contributed by atoms with E-state index >= 15 is 0 Å². The van der Waals surface area contributed by atoms with Crippen LogP contribution in [0.15, 0.2) is 0 Å². The van der Waals surface area contributed by atoms with Crippen molar-refractivity contribution < 1.29 is 0 Å². The minimum absolute atomic E-state index is 0.488. The van der Waals surface area contributed by atoms with Crippen LogP contribution in [0.2, 0.25) is 0 Å². The molecule has 0 amide bonds. The molecule has 3 aliphatic rings. The van der Waals surface area contributed by atoms with Crippen molar-refractivity contribution in [1.29, 1.82) is 0 Å². The molecular weight excluding hydrogens is 264 g/mol. The third kappa shape index (κ3) is 3.05. The molecule has 3 atom stereocenters. The van der Waals surface area contributed by atoms with Gasteiger partial charge < -0.3 is 5.32 Å². The first-order valence-corrected chi connectivity index (χ1v) is 9.93. The van der Waals surface area contributed by atoms with Crippen molar-refractivity contribution in [1.82, 2.24) is 10.2 Å². The molecule has 2 nitrogen and oxygen atoms in total. The molecular formula is C17H32N2S. The van der Waals surface area contributed by atoms with Crippen molar-refractivity contribution in [3.63, 3.8) is 0 Å². The first-order chi connectivity index (χ1) is 9.76. The Hall–Kier alpha value is 0.270. The lowest BCUT2D eigenvalue weighted by molar-refractivity contribution is 0.0429. The van der Waals surface area contributed by atoms with Gasteiger partial charge in [-0.05, 0) is 44.3 Å². The Balaban J connectivity index is 1.65. The van der Waals surface area contributed by atoms with E-state index in [-0.39, 0.29) is 0 Å². The average Bonchev–Trinajstić information content (AvgIpc) is 3.09. The molecule has 1 aliphatic heterocycles. The molecule has 0 bridgehead atoms. The van der Waals surface area contributed by atoms with Crippen LogP contribution >= 0.6 is 11.8 Å². The number of nitrogens with one attached hydrogen (secondary N) is 1. The van der Waals surface area contributed by atoms with Crippen molar-refractivity contribution in [2.24, 2.45) is 0 Å². The number of nitrogens with zero attached hydrogens (tertiary/aromatic N) is 1. The summed E-state index contributed by atoms with van der Waals surface area (Å²) >= 11 is 2.20. The van der Waals surface area contributed by atoms with Gasteiger partial charge in [-0.15, -0.1) is 0 Å². The highest BCUT2D eigenvalue weighted by Gasteiger charge is 2.43. The number of piperazine rings is 1. The van der Waals surface area contributed by atoms with Gasteiger partial charge in [0, 0.05) is 36.0 Å². The number of hydrogen-bond donors (Lipinski definition) is 1. The van der Waals surface area contributed by atoms with Crippen molar-refractivity contribution in [3.05, 3.63) is 0 Å². The van der Waals surface area contributed by atoms with Gasteiger partial charge in [-0.1, -0.05) is 26.7 Å². The standard InChI is InChI=1S/C17H32N2S/c1-3-14-12-18-17(9-5-6-10-17)13-19(14)15-7-8-16(11-15)20-4-2/h14-16,18H,3-13H2,1-2H3. The number of thioether (sulfide) groups is 1. The second-order valence-corrected chi connectivity index (χ2v) is 8.72. The molecule has 3 heteroatoms. The van der Waals surface area contributed by atoms with Crippen LogP contribution in [0.25, 0.3) is 0 Å². The van der Waals surface area contributed by atoms with Crippen molar-refractivity contribution >= 4 is 11.8 Å². The third-order valence-corrected chi connectivity index (χ3v) is 7.16. The van der Waals surface area contributed by atoms with Gasteiger partial charge in [-0.2, -0.15) is 11.8 Å². The van der Waals surface area contributed by atoms with Gasteiger partial charge in [-0.3, -0.25) is 4.90 Å². The highest BCUT2D eigenvalue weighted by atomic mass is 32.2. The lowest BCUT2D eigenvalue weighted by atomic mass is 9.90. The maximum absolute atomic E-state index is 3.94. The molecule has 0 radical (unpaired) electrons. The molecule has 1 heterocycles. The summed E-state index contributed by atoms with van der Waals surface area (Å²) in [5.74, 6) is 1.29. The Bertz CT molecular complexity index is 314. The van der Waals surface area contributed by atoms with Gasteiger partial charge in [-0.25, -0.2) is 0 Å². The van der Waals surface area contributed by atoms with E-state index in [9.17, 15) is 0 Å². The van der Waals surface area contributed by atoms with E-state index in [4.69, 9.17) is 0 Å². The van der Waals surface area contributed by atoms with Crippen LogP contribution in [-0.4, -0.2) is 46.6 Å². The summed E-state index contributed by atoms with van der Waals surface area (Å²) in [5.41, 5.74) is 0.488. The van der Waals surface area contributed by atoms with Gasteiger partial charge in [0.2, 0.25) is 0 Å². The lowest BCUT2D eigenvalue weighted by Gasteiger charge is -2.49. The molecule has 2 saturated carbocycles. The Kier molecular flexibility index (Phi) is 4.99. The van der Waals surface area contributed by atoms with E-state index in [0.29, 0.717) is 5.54 Å². The van der Waals surface area contributed by atoms with E-state index in [1.54, 1.807) is 0 Å². The lowest BCUT2D eigenvalue weighted by Crippen LogP contribution is -2.64. The zero-order chi connectivity index (χ0) is 14.0. The Labute approximate surface area is 129 Å². The summed E-state index contributed by atoms with van der Waals surface area (Å²) in [4.78, 5) is 2.93. The molecule has 1 spiro atoms. The monoisotopic (exact) mass is 296 g/mol. The summed E-state index contributed by atoms with van der Waals surface area (Å²) < 4.78 is 0. The number of rotatable bonds is 4. The van der Waals surface area contributed by atoms with Crippen molar-refractivity contribution in [2.75, 3.05) is 18.8 Å². The largest absolute Gasteiger partial charge is 0.308 e. The minimum atomic E-state index is 0.488. The molecule has 0 aromatic carbocycles. The van der Waals surface area contributed by atoms with Crippen molar-refractivity contribution in [2.45, 2.75) is 88.1 Å². The molecule has 3 unspecified atom stereocenters. The summed E-state index contributed by atoms with van der Waals surface area (Å²) in [7, 11) is 0. The second kappa shape index (κ2) is 6.58. The smallest absolute Gasteiger partial charge is 0.0309 e. The highest BCUT2D eigenvalue weighted by molar-refractivity contribution is 7.99. The van der Waals surface area contributed by atoms with Gasteiger partial charge in [0.05, 0.1) is 0 Å². The molecule has 1 saturated heterocycles. The van der Waals surface area contributed by atoms with Crippen LogP contribution in [-0.2, 0) is 0 Å². The molecule has 20 heavy (non-hydrogen) atoms. The SMILES string of the molecule is CCSC1CCC(N2CC3(CCCC3)NCC2CC)C1. The second-order valence-electron chi connectivity index (χ2n) is 7.15. The third-order valence-electron chi connectivity index (χ3n) is 5.93. The highest BCUT2D eigenvalue weighted by Crippen LogP contribution is 2.39. The van der Waals surface area contributed by atoms with Crippen LogP contribution in [0.5, 0.6) is 0 Å². The van der Waals surface area contributed by atoms with Gasteiger partial charge >= 0.3 is 0 Å². The molecule has 3 rings (SSSR count). The summed E-state index contributed by atoms with van der Waals surface area (Å²) in [6.45, 7) is 7.25. The maximum Gasteiger partial charge on any atom is 0.0309 e. The number of hydrogen-bond acceptors (Lipinski definition) is 3. The van der Waals surface area contributed by atoms with Crippen LogP contribution < -0.4 is 5.32 Å². The topological polar surface area (TPSA) is 15.3 Å². The van der Waals surface area contributed by atoms with Crippen LogP contribution in [0.3, 0.4) is 0 Å². The fraction of sp³-hybridized carbons (Fsp3) is 1.00. The first kappa shape index (κ1) is 15.2. The van der Waals surface area contributed by atoms with E-state index in [2.05, 4.69) is 35.8 Å². The molecule has 1 N–H and O–H groups in total. The minimum Gasteiger partial charge on any atom is -0.308 e. The maximum atomic E-state index is 3.94. The van der Waals surface area contributed by atoms with Gasteiger partial charge in [0.1, 0.15) is 0 Å². The van der Waals surface area contributed by atoms with Gasteiger partial charge in [0.15, 0.2) is 0 Å². The van der Waals surface area contributed by atoms with Crippen molar-refractivity contribution in [3.8, 4) is 0 Å². The summed E-state index contributed by atoms with van der Waals surface area (Å²) in [6.07, 6.45) is 11.4. The fourth-order valence-corrected chi connectivity index (χ4v) is 5.92. The molecule has 0 aromatic heterocycles. The van der Waals surface area contributed by atoms with Crippen LogP contribution in [0.1, 0.15) is 65.2 Å². The van der Waals surface area contributed by atoms with Crippen LogP contribution in [0, 0.1) is 0 Å². The predicted molar refractivity (Wildman–Crippen MR) is 89.5 cm³/mol. The predicted octanol–water partition coefficient (Wildman–Crippen LogP) is 3.66. The molecule has 2 aliphatic carbocycles. The molecule has 116 valence electrons. The van der Waals surface area contributed by atoms with E-state index in [0.717, 1.165) is 17.3 Å². The first-order valence-electron chi connectivity index (χ1n) is 8.88. The zero-order valence-electron chi connectivity index (χ0n) is 13.4. The average molecular weight is 297 g/mol. The molecule has 0 aromatic rings. The molecule has 3 fully saturated rings. The van der Waals surface area contributed by atoms with E-state index in [1.807, 2.05) is 0 Å².